The van der Waals surface area contributed by atoms with Crippen molar-refractivity contribution in [2.45, 2.75) is 71.0 Å². The lowest BCUT2D eigenvalue weighted by atomic mass is 9.77. The summed E-state index contributed by atoms with van der Waals surface area (Å²) in [5, 5.41) is 0. The molecule has 2 saturated carbocycles. The van der Waals surface area contributed by atoms with Crippen molar-refractivity contribution in [3.8, 4) is 0 Å². The fourth-order valence-corrected chi connectivity index (χ4v) is 4.94. The van der Waals surface area contributed by atoms with Crippen LogP contribution in [0.15, 0.2) is 0 Å². The highest BCUT2D eigenvalue weighted by Gasteiger charge is 2.61. The molecule has 0 radical (unpaired) electrons. The lowest BCUT2D eigenvalue weighted by molar-refractivity contribution is -0.145. The van der Waals surface area contributed by atoms with Crippen LogP contribution in [0.25, 0.3) is 0 Å². The fourth-order valence-electron chi connectivity index (χ4n) is 4.94. The highest BCUT2D eigenvalue weighted by molar-refractivity contribution is 5.10. The molecule has 2 bridgehead atoms. The third kappa shape index (κ3) is 1.27. The summed E-state index contributed by atoms with van der Waals surface area (Å²) in [7, 11) is 0. The van der Waals surface area contributed by atoms with E-state index in [4.69, 9.17) is 4.74 Å². The van der Waals surface area contributed by atoms with E-state index in [1.165, 1.54) is 32.1 Å². The largest absolute Gasteiger partial charge is 0.368 e. The minimum Gasteiger partial charge on any atom is -0.368 e. The van der Waals surface area contributed by atoms with E-state index in [9.17, 15) is 0 Å². The predicted molar refractivity (Wildman–Crippen MR) is 66.3 cm³/mol. The fraction of sp³-hybridized carbons (Fsp3) is 1.00. The lowest BCUT2D eigenvalue weighted by Gasteiger charge is -2.40. The maximum absolute atomic E-state index is 6.65. The smallest absolute Gasteiger partial charge is 0.0749 e. The Balaban J connectivity index is 2.01. The number of fused-ring (bicyclic) bond motifs is 1. The van der Waals surface area contributed by atoms with Gasteiger partial charge in [-0.15, -0.1) is 0 Å². The molecular weight excluding hydrogens is 196 g/mol. The van der Waals surface area contributed by atoms with Crippen molar-refractivity contribution >= 4 is 0 Å². The molecule has 1 saturated heterocycles. The predicted octanol–water partition coefficient (Wildman–Crippen LogP) is 4.02. The van der Waals surface area contributed by atoms with Crippen LogP contribution in [0.2, 0.25) is 0 Å². The normalized spacial score (nSPS) is 54.8. The number of rotatable bonds is 0. The van der Waals surface area contributed by atoms with Gasteiger partial charge in [0, 0.05) is 0 Å². The molecule has 0 unspecified atom stereocenters. The van der Waals surface area contributed by atoms with Crippen molar-refractivity contribution in [1.82, 2.24) is 0 Å². The van der Waals surface area contributed by atoms with E-state index in [1.54, 1.807) is 0 Å². The first-order valence-electron chi connectivity index (χ1n) is 7.16. The summed E-state index contributed by atoms with van der Waals surface area (Å²) < 4.78 is 6.65. The van der Waals surface area contributed by atoms with Gasteiger partial charge in [0.2, 0.25) is 0 Å². The van der Waals surface area contributed by atoms with Gasteiger partial charge >= 0.3 is 0 Å². The van der Waals surface area contributed by atoms with Crippen molar-refractivity contribution < 1.29 is 4.74 Å². The number of ether oxygens (including phenoxy) is 1. The Morgan fingerprint density at radius 1 is 1.00 bits per heavy atom. The Kier molecular flexibility index (Phi) is 2.25. The van der Waals surface area contributed by atoms with E-state index in [1.807, 2.05) is 0 Å². The van der Waals surface area contributed by atoms with Gasteiger partial charge in [-0.1, -0.05) is 13.8 Å². The van der Waals surface area contributed by atoms with E-state index >= 15 is 0 Å². The van der Waals surface area contributed by atoms with Gasteiger partial charge in [-0.2, -0.15) is 0 Å². The molecule has 0 aromatic rings. The highest BCUT2D eigenvalue weighted by atomic mass is 16.5. The zero-order chi connectivity index (χ0) is 11.6. The minimum absolute atomic E-state index is 0.136. The van der Waals surface area contributed by atoms with E-state index < -0.39 is 0 Å². The average molecular weight is 222 g/mol. The molecular formula is C15H26O. The summed E-state index contributed by atoms with van der Waals surface area (Å²) in [6.45, 7) is 9.53. The van der Waals surface area contributed by atoms with E-state index in [0.29, 0.717) is 0 Å². The molecule has 1 spiro atoms. The van der Waals surface area contributed by atoms with Gasteiger partial charge in [0.25, 0.3) is 0 Å². The van der Waals surface area contributed by atoms with Crippen molar-refractivity contribution in [2.24, 2.45) is 23.7 Å². The molecule has 3 fully saturated rings. The molecule has 0 N–H and O–H groups in total. The van der Waals surface area contributed by atoms with Crippen molar-refractivity contribution in [3.05, 3.63) is 0 Å². The first-order chi connectivity index (χ1) is 7.46. The molecule has 0 amide bonds. The first-order valence-corrected chi connectivity index (χ1v) is 7.16. The summed E-state index contributed by atoms with van der Waals surface area (Å²) in [4.78, 5) is 0. The van der Waals surface area contributed by atoms with Gasteiger partial charge in [0.1, 0.15) is 0 Å². The number of hydrogen-bond donors (Lipinski definition) is 0. The third-order valence-corrected chi connectivity index (χ3v) is 6.03. The number of hydrogen-bond acceptors (Lipinski definition) is 1. The molecule has 3 aliphatic rings. The molecule has 1 heteroatoms. The molecule has 3 rings (SSSR count). The van der Waals surface area contributed by atoms with E-state index in [-0.39, 0.29) is 11.2 Å². The lowest BCUT2D eigenvalue weighted by Crippen LogP contribution is -2.43. The van der Waals surface area contributed by atoms with Gasteiger partial charge in [0.05, 0.1) is 11.2 Å². The molecule has 92 valence electrons. The van der Waals surface area contributed by atoms with Crippen LogP contribution in [-0.4, -0.2) is 11.2 Å². The second-order valence-corrected chi connectivity index (χ2v) is 7.20. The standard InChI is InChI=1S/C15H26O/c1-10-5-7-12-9-15(16-14(12,3)4)11(2)6-8-13(10)15/h10-13H,5-9H2,1-4H3/t10-,11-,12+,13+,15-/m0/s1. The van der Waals surface area contributed by atoms with Gasteiger partial charge in [-0.05, 0) is 69.6 Å². The topological polar surface area (TPSA) is 9.23 Å². The average Bonchev–Trinajstić information content (AvgIpc) is 2.57. The maximum atomic E-state index is 6.65. The van der Waals surface area contributed by atoms with Crippen LogP contribution in [0.3, 0.4) is 0 Å². The van der Waals surface area contributed by atoms with Crippen LogP contribution in [-0.2, 0) is 4.74 Å². The molecule has 0 aromatic heterocycles. The van der Waals surface area contributed by atoms with Gasteiger partial charge in [-0.3, -0.25) is 0 Å². The quantitative estimate of drug-likeness (QED) is 0.601. The van der Waals surface area contributed by atoms with E-state index in [0.717, 1.165) is 23.7 Å². The monoisotopic (exact) mass is 222 g/mol. The zero-order valence-electron chi connectivity index (χ0n) is 11.3. The van der Waals surface area contributed by atoms with Gasteiger partial charge in [0.15, 0.2) is 0 Å². The Labute approximate surface area is 99.9 Å². The Morgan fingerprint density at radius 3 is 2.50 bits per heavy atom. The van der Waals surface area contributed by atoms with Crippen molar-refractivity contribution in [3.63, 3.8) is 0 Å². The van der Waals surface area contributed by atoms with E-state index in [2.05, 4.69) is 27.7 Å². The highest BCUT2D eigenvalue weighted by Crippen LogP contribution is 2.61. The second kappa shape index (κ2) is 3.25. The molecule has 16 heavy (non-hydrogen) atoms. The van der Waals surface area contributed by atoms with Gasteiger partial charge < -0.3 is 4.74 Å². The molecule has 1 aliphatic heterocycles. The minimum atomic E-state index is 0.136. The molecule has 1 heterocycles. The van der Waals surface area contributed by atoms with Crippen LogP contribution < -0.4 is 0 Å². The molecule has 2 aliphatic carbocycles. The van der Waals surface area contributed by atoms with Crippen LogP contribution >= 0.6 is 0 Å². The Hall–Kier alpha value is -0.0400. The first kappa shape index (κ1) is 11.1. The Morgan fingerprint density at radius 2 is 1.75 bits per heavy atom. The summed E-state index contributed by atoms with van der Waals surface area (Å²) in [6.07, 6.45) is 6.95. The Bertz CT molecular complexity index is 296. The van der Waals surface area contributed by atoms with Crippen LogP contribution in [0.5, 0.6) is 0 Å². The molecule has 5 atom stereocenters. The second-order valence-electron chi connectivity index (χ2n) is 7.20. The molecule has 0 aromatic carbocycles. The summed E-state index contributed by atoms with van der Waals surface area (Å²) in [5.74, 6) is 3.31. The molecule has 1 nitrogen and oxygen atoms in total. The SMILES string of the molecule is C[C@H]1CC[C@@H]2C[C@@]3(OC2(C)C)[C@@H]1CC[C@@H]3C. The summed E-state index contributed by atoms with van der Waals surface area (Å²) >= 11 is 0. The van der Waals surface area contributed by atoms with Gasteiger partial charge in [-0.25, -0.2) is 0 Å². The van der Waals surface area contributed by atoms with Crippen LogP contribution in [0.1, 0.15) is 59.8 Å². The third-order valence-electron chi connectivity index (χ3n) is 6.03. The summed E-state index contributed by atoms with van der Waals surface area (Å²) in [5.41, 5.74) is 0.390. The zero-order valence-corrected chi connectivity index (χ0v) is 11.3. The summed E-state index contributed by atoms with van der Waals surface area (Å²) in [6, 6.07) is 0. The van der Waals surface area contributed by atoms with Crippen molar-refractivity contribution in [1.29, 1.82) is 0 Å². The maximum Gasteiger partial charge on any atom is 0.0749 e. The van der Waals surface area contributed by atoms with Crippen LogP contribution in [0.4, 0.5) is 0 Å². The van der Waals surface area contributed by atoms with Crippen molar-refractivity contribution in [2.75, 3.05) is 0 Å². The van der Waals surface area contributed by atoms with Crippen LogP contribution in [0, 0.1) is 23.7 Å².